The number of rotatable bonds is 3. The van der Waals surface area contributed by atoms with Crippen molar-refractivity contribution in [2.75, 3.05) is 0 Å². The summed E-state index contributed by atoms with van der Waals surface area (Å²) in [5.41, 5.74) is 0. The van der Waals surface area contributed by atoms with E-state index in [-0.39, 0.29) is 6.15 Å². The van der Waals surface area contributed by atoms with Crippen LogP contribution in [0.5, 0.6) is 0 Å². The van der Waals surface area contributed by atoms with E-state index >= 15 is 0 Å². The van der Waals surface area contributed by atoms with E-state index in [0.717, 1.165) is 24.7 Å². The Morgan fingerprint density at radius 1 is 0.958 bits per heavy atom. The van der Waals surface area contributed by atoms with E-state index in [4.69, 9.17) is 9.59 Å². The zero-order chi connectivity index (χ0) is 18.6. The molecule has 0 radical (unpaired) electrons. The molecule has 138 valence electrons. The third-order valence-corrected chi connectivity index (χ3v) is 4.67. The van der Waals surface area contributed by atoms with Crippen molar-refractivity contribution in [1.82, 2.24) is 0 Å². The molecule has 0 aliphatic heterocycles. The highest BCUT2D eigenvalue weighted by atomic mass is 19.3. The van der Waals surface area contributed by atoms with Crippen molar-refractivity contribution in [2.45, 2.75) is 72.1 Å². The van der Waals surface area contributed by atoms with Gasteiger partial charge in [0.05, 0.1) is 0 Å². The van der Waals surface area contributed by atoms with Crippen LogP contribution in [0.2, 0.25) is 0 Å². The van der Waals surface area contributed by atoms with Gasteiger partial charge in [-0.05, 0) is 50.4 Å². The number of allylic oxidation sites excluding steroid dienone is 4. The zero-order valence-corrected chi connectivity index (χ0v) is 15.4. The van der Waals surface area contributed by atoms with Gasteiger partial charge in [0.25, 0.3) is 5.92 Å². The Hall–Kier alpha value is -1.28. The fraction of sp³-hybridized carbons (Fsp3) is 0.750. The Morgan fingerprint density at radius 2 is 1.46 bits per heavy atom. The molecule has 0 N–H and O–H groups in total. The van der Waals surface area contributed by atoms with Gasteiger partial charge in [-0.2, -0.15) is 9.59 Å². The highest BCUT2D eigenvalue weighted by Crippen LogP contribution is 2.38. The normalized spacial score (nSPS) is 23.0. The van der Waals surface area contributed by atoms with Crippen LogP contribution in [0.25, 0.3) is 0 Å². The molecule has 0 amide bonds. The first-order valence-electron chi connectivity index (χ1n) is 8.97. The second-order valence-corrected chi connectivity index (χ2v) is 7.15. The molecule has 0 aromatic carbocycles. The van der Waals surface area contributed by atoms with E-state index in [1.165, 1.54) is 19.3 Å². The summed E-state index contributed by atoms with van der Waals surface area (Å²) in [6.45, 7) is 7.78. The number of halogens is 2. The van der Waals surface area contributed by atoms with E-state index < -0.39 is 17.8 Å². The first-order valence-corrected chi connectivity index (χ1v) is 8.97. The summed E-state index contributed by atoms with van der Waals surface area (Å²) in [7, 11) is 0. The molecule has 24 heavy (non-hydrogen) atoms. The van der Waals surface area contributed by atoms with Crippen molar-refractivity contribution >= 4 is 6.15 Å². The molecule has 2 rings (SSSR count). The van der Waals surface area contributed by atoms with Crippen LogP contribution in [-0.4, -0.2) is 12.1 Å². The smallest absolute Gasteiger partial charge is 0.206 e. The maximum atomic E-state index is 13.4. The molecular weight excluding hydrogens is 310 g/mol. The van der Waals surface area contributed by atoms with Crippen molar-refractivity contribution in [3.8, 4) is 0 Å². The molecule has 0 saturated heterocycles. The van der Waals surface area contributed by atoms with Crippen LogP contribution >= 0.6 is 0 Å². The van der Waals surface area contributed by atoms with Gasteiger partial charge in [0.2, 0.25) is 0 Å². The van der Waals surface area contributed by atoms with Crippen molar-refractivity contribution in [3.63, 3.8) is 0 Å². The average Bonchev–Trinajstić information content (AvgIpc) is 2.57. The first-order chi connectivity index (χ1) is 11.3. The summed E-state index contributed by atoms with van der Waals surface area (Å²) in [5, 5.41) is 0. The van der Waals surface area contributed by atoms with Crippen LogP contribution in [0.15, 0.2) is 24.3 Å². The van der Waals surface area contributed by atoms with Gasteiger partial charge in [0.15, 0.2) is 0 Å². The van der Waals surface area contributed by atoms with Gasteiger partial charge in [0.1, 0.15) is 0 Å². The standard InChI is InChI=1S/C10H16F2.C9H16.CO2/c1-8(2)10(11,12)9-6-4-3-5-7-9;1-8(2)9-6-4-3-5-7-9;2-1-3/h4,6,8-9H,3,5,7H2,1-2H3;4,6,8-9H,3,5,7H2,1-2H3;. The fourth-order valence-electron chi connectivity index (χ4n) is 2.96. The molecule has 2 aliphatic rings. The number of hydrogen-bond acceptors (Lipinski definition) is 2. The van der Waals surface area contributed by atoms with E-state index in [1.54, 1.807) is 19.9 Å². The maximum absolute atomic E-state index is 13.4. The van der Waals surface area contributed by atoms with Crippen molar-refractivity contribution in [3.05, 3.63) is 24.3 Å². The predicted octanol–water partition coefficient (Wildman–Crippen LogP) is 6.05. The van der Waals surface area contributed by atoms with E-state index in [2.05, 4.69) is 26.0 Å². The minimum Gasteiger partial charge on any atom is -0.206 e. The minimum absolute atomic E-state index is 0.250. The van der Waals surface area contributed by atoms with E-state index in [1.807, 2.05) is 6.08 Å². The Kier molecular flexibility index (Phi) is 11.5. The van der Waals surface area contributed by atoms with E-state index in [0.29, 0.717) is 6.42 Å². The van der Waals surface area contributed by atoms with Crippen LogP contribution in [0.4, 0.5) is 8.78 Å². The maximum Gasteiger partial charge on any atom is 0.373 e. The Morgan fingerprint density at radius 3 is 1.75 bits per heavy atom. The topological polar surface area (TPSA) is 34.1 Å². The van der Waals surface area contributed by atoms with Crippen molar-refractivity contribution < 1.29 is 18.4 Å². The third kappa shape index (κ3) is 8.54. The fourth-order valence-corrected chi connectivity index (χ4v) is 2.96. The molecule has 4 heteroatoms. The lowest BCUT2D eigenvalue weighted by Crippen LogP contribution is -2.33. The van der Waals surface area contributed by atoms with Gasteiger partial charge in [-0.15, -0.1) is 0 Å². The lowest BCUT2D eigenvalue weighted by atomic mass is 9.85. The van der Waals surface area contributed by atoms with E-state index in [9.17, 15) is 8.78 Å². The number of alkyl halides is 2. The predicted molar refractivity (Wildman–Crippen MR) is 92.6 cm³/mol. The number of hydrogen-bond donors (Lipinski definition) is 0. The van der Waals surface area contributed by atoms with Gasteiger partial charge in [-0.25, -0.2) is 8.78 Å². The van der Waals surface area contributed by atoms with Gasteiger partial charge >= 0.3 is 6.15 Å². The average molecular weight is 342 g/mol. The van der Waals surface area contributed by atoms with Crippen LogP contribution in [-0.2, 0) is 9.59 Å². The second kappa shape index (κ2) is 12.1. The molecule has 2 nitrogen and oxygen atoms in total. The molecule has 0 saturated carbocycles. The molecule has 0 bridgehead atoms. The molecule has 0 fully saturated rings. The largest absolute Gasteiger partial charge is 0.373 e. The molecule has 0 heterocycles. The monoisotopic (exact) mass is 342 g/mol. The summed E-state index contributed by atoms with van der Waals surface area (Å²) in [5.74, 6) is -1.87. The van der Waals surface area contributed by atoms with Gasteiger partial charge in [0, 0.05) is 11.8 Å². The highest BCUT2D eigenvalue weighted by Gasteiger charge is 2.40. The summed E-state index contributed by atoms with van der Waals surface area (Å²) in [6, 6.07) is 0. The molecule has 2 unspecified atom stereocenters. The van der Waals surface area contributed by atoms with Crippen LogP contribution in [0.1, 0.15) is 66.2 Å². The summed E-state index contributed by atoms with van der Waals surface area (Å²) >= 11 is 0. The molecule has 2 aliphatic carbocycles. The van der Waals surface area contributed by atoms with Gasteiger partial charge < -0.3 is 0 Å². The molecule has 0 spiro atoms. The highest BCUT2D eigenvalue weighted by molar-refractivity contribution is 5.20. The van der Waals surface area contributed by atoms with Gasteiger partial charge in [-0.1, -0.05) is 52.0 Å². The number of carbonyl (C=O) groups excluding carboxylic acids is 2. The second-order valence-electron chi connectivity index (χ2n) is 7.15. The van der Waals surface area contributed by atoms with Crippen molar-refractivity contribution in [2.24, 2.45) is 23.7 Å². The lowest BCUT2D eigenvalue weighted by molar-refractivity contribution is -0.191. The quantitative estimate of drug-likeness (QED) is 0.585. The molecule has 0 aromatic heterocycles. The minimum atomic E-state index is -2.52. The van der Waals surface area contributed by atoms with Crippen LogP contribution < -0.4 is 0 Å². The molecular formula is C20H32F2O2. The van der Waals surface area contributed by atoms with Gasteiger partial charge in [-0.3, -0.25) is 0 Å². The molecule has 2 atom stereocenters. The van der Waals surface area contributed by atoms with Crippen LogP contribution in [0, 0.1) is 23.7 Å². The van der Waals surface area contributed by atoms with Crippen molar-refractivity contribution in [1.29, 1.82) is 0 Å². The Labute approximate surface area is 145 Å². The Balaban J connectivity index is 0.000000390. The summed E-state index contributed by atoms with van der Waals surface area (Å²) in [6.07, 6.45) is 15.2. The first kappa shape index (κ1) is 22.7. The van der Waals surface area contributed by atoms with Crippen LogP contribution in [0.3, 0.4) is 0 Å². The third-order valence-electron chi connectivity index (χ3n) is 4.67. The summed E-state index contributed by atoms with van der Waals surface area (Å²) in [4.78, 5) is 16.2. The zero-order valence-electron chi connectivity index (χ0n) is 15.4. The molecule has 0 aromatic rings. The lowest BCUT2D eigenvalue weighted by Gasteiger charge is -2.29. The summed E-state index contributed by atoms with van der Waals surface area (Å²) < 4.78 is 26.8. The SMILES string of the molecule is CC(C)C(F)(F)C1C=CCCC1.CC(C)C1C=CCCC1.O=C=O. The Bertz CT molecular complexity index is 419.